The van der Waals surface area contributed by atoms with Crippen molar-refractivity contribution >= 4 is 87.6 Å². The van der Waals surface area contributed by atoms with Crippen LogP contribution in [0.5, 0.6) is 0 Å². The van der Waals surface area contributed by atoms with Gasteiger partial charge in [0, 0.05) is 104 Å². The summed E-state index contributed by atoms with van der Waals surface area (Å²) in [5.41, 5.74) is 18.0. The zero-order valence-electron chi connectivity index (χ0n) is 49.8. The first kappa shape index (κ1) is 65.8. The number of likely N-dealkylation sites (tertiary alicyclic amines) is 1. The lowest BCUT2D eigenvalue weighted by Crippen LogP contribution is -2.31. The second-order valence-electron chi connectivity index (χ2n) is 20.0. The molecule has 12 rings (SSSR count). The number of benzene rings is 2. The van der Waals surface area contributed by atoms with Crippen LogP contribution in [-0.2, 0) is 38.4 Å². The highest BCUT2D eigenvalue weighted by Crippen LogP contribution is 2.37. The van der Waals surface area contributed by atoms with Crippen LogP contribution >= 0.6 is 0 Å². The Bertz CT molecular complexity index is 4260. The third kappa shape index (κ3) is 16.3. The van der Waals surface area contributed by atoms with Crippen LogP contribution in [0.2, 0.25) is 0 Å². The van der Waals surface area contributed by atoms with Crippen LogP contribution in [0.3, 0.4) is 0 Å². The molecule has 4 aliphatic heterocycles. The summed E-state index contributed by atoms with van der Waals surface area (Å²) in [5.74, 6) is 12.5. The monoisotopic (exact) mass is 1240 g/mol. The maximum Gasteiger partial charge on any atom is 0.409 e. The second-order valence-corrected chi connectivity index (χ2v) is 20.0. The van der Waals surface area contributed by atoms with Gasteiger partial charge in [-0.1, -0.05) is 54.2 Å². The maximum absolute atomic E-state index is 12.6. The summed E-state index contributed by atoms with van der Waals surface area (Å²) >= 11 is 0. The van der Waals surface area contributed by atoms with E-state index in [9.17, 15) is 43.2 Å². The van der Waals surface area contributed by atoms with Gasteiger partial charge < -0.3 is 42.3 Å². The smallest absolute Gasteiger partial charge is 0.409 e. The molecular formula is C64H60N16O12. The van der Waals surface area contributed by atoms with Crippen LogP contribution in [0.1, 0.15) is 117 Å². The number of nitrogens with two attached hydrogens (primary N) is 2. The van der Waals surface area contributed by atoms with Crippen molar-refractivity contribution in [3.63, 3.8) is 0 Å². The van der Waals surface area contributed by atoms with Gasteiger partial charge >= 0.3 is 11.9 Å². The molecule has 0 aliphatic carbocycles. The largest absolute Gasteiger partial charge is 0.472 e. The minimum absolute atomic E-state index is 0.0890. The first-order valence-corrected chi connectivity index (χ1v) is 28.5. The maximum atomic E-state index is 12.6. The lowest BCUT2D eigenvalue weighted by Gasteiger charge is -2.21. The van der Waals surface area contributed by atoms with E-state index in [0.29, 0.717) is 63.0 Å². The number of carboxylic acid groups (broad SMARTS) is 1. The molecule has 8 aromatic rings. The van der Waals surface area contributed by atoms with E-state index in [1.165, 1.54) is 13.8 Å². The summed E-state index contributed by atoms with van der Waals surface area (Å²) in [5, 5.41) is 25.8. The number of hydrogen-bond donors (Lipinski definition) is 7. The normalized spacial score (nSPS) is 15.2. The molecule has 92 heavy (non-hydrogen) atoms. The number of anilines is 4. The Kier molecular flexibility index (Phi) is 22.3. The molecule has 0 bridgehead atoms. The molecule has 9 N–H and O–H groups in total. The Balaban J connectivity index is 0.000000171. The minimum Gasteiger partial charge on any atom is -0.472 e. The molecule has 4 fully saturated rings. The van der Waals surface area contributed by atoms with Crippen molar-refractivity contribution in [2.75, 3.05) is 35.2 Å². The predicted molar refractivity (Wildman–Crippen MR) is 332 cm³/mol. The highest BCUT2D eigenvalue weighted by atomic mass is 16.7. The molecule has 0 saturated carbocycles. The van der Waals surface area contributed by atoms with Crippen LogP contribution in [0.4, 0.5) is 23.3 Å². The quantitative estimate of drug-likeness (QED) is 0.0525. The number of fused-ring (bicyclic) bond motifs is 2. The molecule has 0 radical (unpaired) electrons. The number of nitrogens with one attached hydrogen (secondary N) is 3. The SMILES string of the molecule is CC#CC(=O)N1CCC[C@H]1c1nc(-c2ccc(C(=O)Nc3ccccn3)cc2)c2c(N)nccn12.CC#CC(=O)O.CC#CC(=O)ON1C(=O)CCC1=O.Nc1nccn2c([C@@H]3CCCN3)nc(-c3ccc(C(=O)Nc4ccccn4)cc3)c12.O=C1CCC(=O)N1O. The number of nitrogen functional groups attached to an aromatic ring is 2. The van der Waals surface area contributed by atoms with Crippen LogP contribution in [0.25, 0.3) is 33.5 Å². The molecule has 4 aliphatic rings. The average Bonchev–Trinajstić information content (AvgIpc) is 1.61. The van der Waals surface area contributed by atoms with E-state index in [1.54, 1.807) is 97.4 Å². The summed E-state index contributed by atoms with van der Waals surface area (Å²) in [6, 6.07) is 25.1. The van der Waals surface area contributed by atoms with Crippen LogP contribution < -0.4 is 27.4 Å². The number of aromatic nitrogens is 8. The molecule has 0 unspecified atom stereocenters. The zero-order chi connectivity index (χ0) is 65.8. The third-order valence-corrected chi connectivity index (χ3v) is 14.0. The van der Waals surface area contributed by atoms with Gasteiger partial charge in [0.2, 0.25) is 0 Å². The van der Waals surface area contributed by atoms with E-state index in [1.807, 2.05) is 51.3 Å². The summed E-state index contributed by atoms with van der Waals surface area (Å²) in [6.07, 6.45) is 14.5. The van der Waals surface area contributed by atoms with Crippen LogP contribution in [0, 0.1) is 35.5 Å². The number of aliphatic carboxylic acids is 1. The fourth-order valence-electron chi connectivity index (χ4n) is 9.77. The molecule has 28 nitrogen and oxygen atoms in total. The van der Waals surface area contributed by atoms with Gasteiger partial charge in [-0.25, -0.2) is 39.5 Å². The standard InChI is InChI=1S/C26H23N7O2.C22H21N7O.C8H7NO4.C4H5NO3.C4H4O2/c1-2-6-21(34)32-15-5-7-19(32)25-31-22(23-24(27)29-14-16-33(23)25)17-9-11-18(12-10-17)26(35)30-20-8-3-4-13-28-20;23-20-19-18(28-21(16-4-3-11-24-16)29(19)13-12-26-20)14-6-8-15(9-7-14)22(30)27-17-5-1-2-10-25-17;1-2-3-8(12)13-9-6(10)4-5-7(9)11;6-3-1-2-4(7)5(3)8;1-2-3-4(5)6/h3-4,8-14,16,19H,5,7,15H2,1H3,(H2,27,29)(H,28,30,35);1-2,5-10,12-13,16,24H,3-4,11H2,(H2,23,26)(H,25,27,30);4-5H2,1H3;8H,1-2H2;1H3,(H,5,6)/t19-;16-;;;/m00.../s1. The first-order chi connectivity index (χ1) is 44.4. The van der Waals surface area contributed by atoms with E-state index in [2.05, 4.69) is 70.3 Å². The van der Waals surface area contributed by atoms with Crippen molar-refractivity contribution in [1.82, 2.24) is 59.0 Å². The lowest BCUT2D eigenvalue weighted by atomic mass is 10.1. The van der Waals surface area contributed by atoms with E-state index in [-0.39, 0.29) is 60.6 Å². The molecule has 2 aromatic carbocycles. The number of imide groups is 2. The molecule has 6 aromatic heterocycles. The number of amides is 7. The number of hydroxylamine groups is 4. The summed E-state index contributed by atoms with van der Waals surface area (Å²) in [6.45, 7) is 6.19. The Hall–Kier alpha value is -12.2. The molecule has 28 heteroatoms. The average molecular weight is 1250 g/mol. The van der Waals surface area contributed by atoms with Crippen LogP contribution in [0.15, 0.2) is 122 Å². The Morgan fingerprint density at radius 3 is 1.51 bits per heavy atom. The van der Waals surface area contributed by atoms with Crippen molar-refractivity contribution in [2.45, 2.75) is 84.2 Å². The van der Waals surface area contributed by atoms with E-state index in [0.717, 1.165) is 60.4 Å². The molecular weight excluding hydrogens is 1180 g/mol. The molecule has 10 heterocycles. The number of rotatable bonds is 9. The first-order valence-electron chi connectivity index (χ1n) is 28.5. The van der Waals surface area contributed by atoms with Gasteiger partial charge in [0.25, 0.3) is 41.4 Å². The Morgan fingerprint density at radius 2 is 1.09 bits per heavy atom. The van der Waals surface area contributed by atoms with Gasteiger partial charge in [0.05, 0.1) is 12.1 Å². The Labute approximate surface area is 525 Å². The van der Waals surface area contributed by atoms with Crippen molar-refractivity contribution < 1.29 is 58.3 Å². The van der Waals surface area contributed by atoms with Crippen LogP contribution in [-0.4, -0.2) is 130 Å². The summed E-state index contributed by atoms with van der Waals surface area (Å²) < 4.78 is 3.91. The van der Waals surface area contributed by atoms with Crippen molar-refractivity contribution in [2.24, 2.45) is 0 Å². The number of nitrogens with zero attached hydrogens (tertiary/aromatic N) is 11. The molecule has 4 saturated heterocycles. The second kappa shape index (κ2) is 31.1. The molecule has 468 valence electrons. The van der Waals surface area contributed by atoms with Gasteiger partial charge in [0.15, 0.2) is 0 Å². The lowest BCUT2D eigenvalue weighted by molar-refractivity contribution is -0.193. The summed E-state index contributed by atoms with van der Waals surface area (Å²) in [4.78, 5) is 133. The van der Waals surface area contributed by atoms with Crippen molar-refractivity contribution in [3.8, 4) is 58.0 Å². The number of pyridine rings is 2. The Morgan fingerprint density at radius 1 is 0.598 bits per heavy atom. The van der Waals surface area contributed by atoms with Gasteiger partial charge in [-0.05, 0) is 107 Å². The zero-order valence-corrected chi connectivity index (χ0v) is 49.8. The highest BCUT2D eigenvalue weighted by Gasteiger charge is 2.35. The fraction of sp³-hybridized carbons (Fsp3) is 0.234. The minimum atomic E-state index is -1.07. The van der Waals surface area contributed by atoms with Gasteiger partial charge in [0.1, 0.15) is 57.3 Å². The number of carbonyl (C=O) groups excluding carboxylic acids is 8. The van der Waals surface area contributed by atoms with E-state index >= 15 is 0 Å². The van der Waals surface area contributed by atoms with E-state index < -0.39 is 35.6 Å². The van der Waals surface area contributed by atoms with Crippen molar-refractivity contribution in [1.29, 1.82) is 0 Å². The molecule has 0 spiro atoms. The predicted octanol–water partition coefficient (Wildman–Crippen LogP) is 5.60. The topological polar surface area (TPSA) is 387 Å². The van der Waals surface area contributed by atoms with E-state index in [4.69, 9.17) is 31.7 Å². The third-order valence-electron chi connectivity index (χ3n) is 14.0. The number of carboxylic acids is 1. The molecule has 2 atom stereocenters. The van der Waals surface area contributed by atoms with Gasteiger partial charge in [-0.15, -0.1) is 5.06 Å². The van der Waals surface area contributed by atoms with Crippen molar-refractivity contribution in [3.05, 3.63) is 145 Å². The van der Waals surface area contributed by atoms with Gasteiger partial charge in [-0.3, -0.25) is 47.6 Å². The van der Waals surface area contributed by atoms with Gasteiger partial charge in [-0.2, -0.15) is 5.06 Å². The number of hydrogen-bond acceptors (Lipinski definition) is 20. The highest BCUT2D eigenvalue weighted by molar-refractivity contribution is 6.05. The number of carbonyl (C=O) groups is 9. The fourth-order valence-corrected chi connectivity index (χ4v) is 9.77. The summed E-state index contributed by atoms with van der Waals surface area (Å²) in [7, 11) is 0. The molecule has 7 amide bonds. The number of imidazole rings is 2.